The molecule has 2 fully saturated rings. The molecule has 2 aliphatic heterocycles. The maximum Gasteiger partial charge on any atom is 1.00 e. The van der Waals surface area contributed by atoms with Gasteiger partial charge in [-0.1, -0.05) is 206 Å². The van der Waals surface area contributed by atoms with Gasteiger partial charge in [0.25, 0.3) is 0 Å². The maximum absolute atomic E-state index is 13.9. The van der Waals surface area contributed by atoms with Gasteiger partial charge in [-0.3, -0.25) is 9.59 Å². The van der Waals surface area contributed by atoms with Crippen molar-refractivity contribution in [1.29, 1.82) is 0 Å². The number of rotatable bonds is 16. The molecule has 8 rings (SSSR count). The summed E-state index contributed by atoms with van der Waals surface area (Å²) in [7, 11) is 1.35. The molecule has 2 aliphatic rings. The van der Waals surface area contributed by atoms with Gasteiger partial charge in [-0.15, -0.1) is 0 Å². The number of methoxy groups -OCH3 is 1. The largest absolute Gasteiger partial charge is 1.00 e. The summed E-state index contributed by atoms with van der Waals surface area (Å²) in [6, 6.07) is 56.6. The Labute approximate surface area is 422 Å². The molecule has 2 amide bonds. The van der Waals surface area contributed by atoms with Crippen LogP contribution in [-0.2, 0) is 33.4 Å². The summed E-state index contributed by atoms with van der Waals surface area (Å²) in [6.07, 6.45) is 7.92. The SMILES string of the molecule is COC(=O)[C@@H]1C[C@H](OC/C=C/c2ccccc2)CN1C(=O)C(c1ccccc1)c1ccccc1.O.O=C(O)[C@@H]1C[C@H](OC/C=C/c2ccccc2)CN1C(=O)C(c1ccccc1)c1ccccc1.[Li+].[OH-]. The second kappa shape index (κ2) is 28.6. The van der Waals surface area contributed by atoms with Crippen LogP contribution in [0.25, 0.3) is 12.2 Å². The van der Waals surface area contributed by atoms with E-state index in [9.17, 15) is 24.3 Å². The Morgan fingerprint density at radius 3 is 1.14 bits per heavy atom. The number of amides is 2. The second-order valence-corrected chi connectivity index (χ2v) is 16.4. The van der Waals surface area contributed by atoms with Crippen LogP contribution in [0.5, 0.6) is 0 Å². The minimum Gasteiger partial charge on any atom is -0.870 e. The molecule has 0 bridgehead atoms. The molecule has 2 saturated heterocycles. The van der Waals surface area contributed by atoms with E-state index >= 15 is 0 Å². The third kappa shape index (κ3) is 15.1. The first kappa shape index (κ1) is 55.7. The molecule has 0 saturated carbocycles. The molecule has 0 spiro atoms. The van der Waals surface area contributed by atoms with Gasteiger partial charge in [0.2, 0.25) is 11.8 Å². The van der Waals surface area contributed by atoms with E-state index in [1.165, 1.54) is 12.0 Å². The average molecular weight is 939 g/mol. The molecule has 4 atom stereocenters. The summed E-state index contributed by atoms with van der Waals surface area (Å²) in [5.41, 5.74) is 5.62. The quantitative estimate of drug-likeness (QED) is 0.0995. The van der Waals surface area contributed by atoms with Crippen LogP contribution in [0.1, 0.15) is 58.1 Å². The molecular formula is C57H59LiN2O10. The number of carboxylic acid groups (broad SMARTS) is 1. The minimum atomic E-state index is -1.01. The fraction of sp³-hybridized carbons (Fsp3) is 0.228. The predicted octanol–water partition coefficient (Wildman–Crippen LogP) is 5.30. The number of carbonyl (C=O) groups excluding carboxylic acids is 3. The number of likely N-dealkylation sites (tertiary alicyclic amines) is 2. The Bertz CT molecular complexity index is 2470. The fourth-order valence-electron chi connectivity index (χ4n) is 8.67. The van der Waals surface area contributed by atoms with E-state index in [-0.39, 0.29) is 66.8 Å². The summed E-state index contributed by atoms with van der Waals surface area (Å²) >= 11 is 0. The number of esters is 1. The average Bonchev–Trinajstić information content (AvgIpc) is 4.02. The first-order valence-corrected chi connectivity index (χ1v) is 22.6. The van der Waals surface area contributed by atoms with E-state index in [1.54, 1.807) is 4.90 Å². The number of ether oxygens (including phenoxy) is 3. The molecule has 0 unspecified atom stereocenters. The maximum atomic E-state index is 13.9. The van der Waals surface area contributed by atoms with Crippen molar-refractivity contribution < 1.29 is 68.3 Å². The molecule has 0 aliphatic carbocycles. The summed E-state index contributed by atoms with van der Waals surface area (Å²) in [6.45, 7) is 1.35. The first-order chi connectivity index (χ1) is 32.8. The first-order valence-electron chi connectivity index (χ1n) is 22.6. The molecule has 0 radical (unpaired) electrons. The summed E-state index contributed by atoms with van der Waals surface area (Å²) in [5, 5.41) is 9.83. The van der Waals surface area contributed by atoms with Gasteiger partial charge < -0.3 is 40.1 Å². The van der Waals surface area contributed by atoms with Crippen molar-refractivity contribution in [3.63, 3.8) is 0 Å². The molecular weight excluding hydrogens is 880 g/mol. The van der Waals surface area contributed by atoms with Gasteiger partial charge in [-0.2, -0.15) is 0 Å². The van der Waals surface area contributed by atoms with Gasteiger partial charge in [-0.05, 0) is 33.4 Å². The molecule has 4 N–H and O–H groups in total. The van der Waals surface area contributed by atoms with Crippen LogP contribution >= 0.6 is 0 Å². The van der Waals surface area contributed by atoms with Crippen molar-refractivity contribution >= 4 is 35.9 Å². The zero-order chi connectivity index (χ0) is 46.8. The van der Waals surface area contributed by atoms with Crippen molar-refractivity contribution in [2.45, 2.75) is 49.0 Å². The third-order valence-electron chi connectivity index (χ3n) is 12.0. The molecule has 70 heavy (non-hydrogen) atoms. The van der Waals surface area contributed by atoms with Crippen molar-refractivity contribution in [1.82, 2.24) is 9.80 Å². The molecule has 6 aromatic carbocycles. The monoisotopic (exact) mass is 938 g/mol. The standard InChI is InChI=1S/C29H29NO4.C28H27NO4.Li.2H2O/c1-33-29(32)26-20-25(34-19-11-14-22-12-5-2-6-13-22)21-30(26)28(31)27(23-15-7-3-8-16-23)24-17-9-4-10-18-24;30-27(26(22-14-6-2-7-15-22)23-16-8-3-9-17-23)29-20-24(19-25(29)28(31)32)33-18-10-13-21-11-4-1-5-12-21;;;/h2-18,25-27H,19-21H2,1H3;1-17,24-26H,18-20H2,(H,31,32);;2*1H2/q;;+1;;/p-1/b14-11+;13-10+;;;/t25-,26-;24-,25-;;;/m00.../s1. The fourth-order valence-corrected chi connectivity index (χ4v) is 8.67. The van der Waals surface area contributed by atoms with Crippen molar-refractivity contribution in [2.24, 2.45) is 0 Å². The van der Waals surface area contributed by atoms with Gasteiger partial charge in [0, 0.05) is 25.9 Å². The zero-order valence-electron chi connectivity index (χ0n) is 39.5. The van der Waals surface area contributed by atoms with Gasteiger partial charge >= 0.3 is 30.8 Å². The summed E-state index contributed by atoms with van der Waals surface area (Å²) in [4.78, 5) is 55.3. The third-order valence-corrected chi connectivity index (χ3v) is 12.0. The Balaban J connectivity index is 0.000000292. The van der Waals surface area contributed by atoms with Crippen molar-refractivity contribution in [3.05, 3.63) is 228 Å². The van der Waals surface area contributed by atoms with Crippen LogP contribution in [0.15, 0.2) is 194 Å². The van der Waals surface area contributed by atoms with Gasteiger partial charge in [-0.25, -0.2) is 9.59 Å². The number of hydrogen-bond acceptors (Lipinski definition) is 8. The molecule has 358 valence electrons. The van der Waals surface area contributed by atoms with E-state index < -0.39 is 35.9 Å². The second-order valence-electron chi connectivity index (χ2n) is 16.4. The van der Waals surface area contributed by atoms with Crippen LogP contribution < -0.4 is 18.9 Å². The van der Waals surface area contributed by atoms with E-state index in [0.717, 1.165) is 33.4 Å². The topological polar surface area (TPSA) is 184 Å². The Morgan fingerprint density at radius 2 is 0.829 bits per heavy atom. The molecule has 2 heterocycles. The van der Waals surface area contributed by atoms with Crippen LogP contribution in [0.2, 0.25) is 0 Å². The number of aliphatic carboxylic acids is 1. The molecule has 6 aromatic rings. The van der Waals surface area contributed by atoms with Crippen LogP contribution in [0.3, 0.4) is 0 Å². The normalized spacial score (nSPS) is 17.2. The van der Waals surface area contributed by atoms with Gasteiger partial charge in [0.1, 0.15) is 12.1 Å². The number of hydrogen-bond donors (Lipinski definition) is 1. The van der Waals surface area contributed by atoms with E-state index in [1.807, 2.05) is 206 Å². The van der Waals surface area contributed by atoms with Crippen LogP contribution in [0, 0.1) is 0 Å². The number of carbonyl (C=O) groups is 4. The van der Waals surface area contributed by atoms with Crippen LogP contribution in [0.4, 0.5) is 0 Å². The molecule has 12 nitrogen and oxygen atoms in total. The van der Waals surface area contributed by atoms with Crippen molar-refractivity contribution in [3.8, 4) is 0 Å². The van der Waals surface area contributed by atoms with E-state index in [4.69, 9.17) is 14.2 Å². The number of nitrogens with zero attached hydrogens (tertiary/aromatic N) is 2. The summed E-state index contributed by atoms with van der Waals surface area (Å²) in [5.74, 6) is -2.84. The van der Waals surface area contributed by atoms with E-state index in [2.05, 4.69) is 0 Å². The predicted molar refractivity (Wildman–Crippen MR) is 265 cm³/mol. The van der Waals surface area contributed by atoms with E-state index in [0.29, 0.717) is 26.2 Å². The molecule has 13 heteroatoms. The van der Waals surface area contributed by atoms with Crippen LogP contribution in [-0.4, -0.2) is 107 Å². The molecule has 0 aromatic heterocycles. The van der Waals surface area contributed by atoms with Gasteiger partial charge in [0.05, 0.1) is 44.4 Å². The Hall–Kier alpha value is -6.88. The van der Waals surface area contributed by atoms with Gasteiger partial charge in [0.15, 0.2) is 0 Å². The summed E-state index contributed by atoms with van der Waals surface area (Å²) < 4.78 is 17.0. The van der Waals surface area contributed by atoms with Crippen molar-refractivity contribution in [2.75, 3.05) is 33.4 Å². The Kier molecular flexibility index (Phi) is 22.7. The number of benzene rings is 6. The Morgan fingerprint density at radius 1 is 0.529 bits per heavy atom. The number of carboxylic acids is 1. The zero-order valence-corrected chi connectivity index (χ0v) is 39.5. The smallest absolute Gasteiger partial charge is 0.870 e. The minimum absolute atomic E-state index is 0.